The van der Waals surface area contributed by atoms with Crippen molar-refractivity contribution in [1.29, 1.82) is 0 Å². The fourth-order valence-corrected chi connectivity index (χ4v) is 3.45. The van der Waals surface area contributed by atoms with Crippen LogP contribution in [0.1, 0.15) is 19.4 Å². The van der Waals surface area contributed by atoms with Gasteiger partial charge in [0, 0.05) is 4.47 Å². The molecule has 0 aliphatic carbocycles. The van der Waals surface area contributed by atoms with E-state index in [9.17, 15) is 12.8 Å². The summed E-state index contributed by atoms with van der Waals surface area (Å²) in [6.07, 6.45) is 0.884. The van der Waals surface area contributed by atoms with Crippen LogP contribution in [0.5, 0.6) is 0 Å². The molecule has 0 saturated carbocycles. The first-order valence-electron chi connectivity index (χ1n) is 6.85. The largest absolute Gasteiger partial charge is 0.277 e. The molecule has 6 heteroatoms. The molecule has 0 bridgehead atoms. The average molecular weight is 386 g/mol. The predicted octanol–water partition coefficient (Wildman–Crippen LogP) is 4.59. The van der Waals surface area contributed by atoms with Gasteiger partial charge in [-0.05, 0) is 48.2 Å². The molecule has 0 fully saturated rings. The van der Waals surface area contributed by atoms with Crippen LogP contribution in [0, 0.1) is 11.7 Å². The first-order chi connectivity index (χ1) is 10.3. The monoisotopic (exact) mass is 385 g/mol. The van der Waals surface area contributed by atoms with Crippen LogP contribution in [-0.2, 0) is 16.4 Å². The van der Waals surface area contributed by atoms with E-state index in [1.54, 1.807) is 18.2 Å². The second-order valence-corrected chi connectivity index (χ2v) is 8.07. The Balaban J connectivity index is 2.23. The number of anilines is 1. The molecule has 118 valence electrons. The lowest BCUT2D eigenvalue weighted by Gasteiger charge is -2.10. The SMILES string of the molecule is CC(C)Cc1ccc(S(=O)(=O)Nc2ccc(Br)cc2F)cc1. The van der Waals surface area contributed by atoms with Crippen LogP contribution in [-0.4, -0.2) is 8.42 Å². The predicted molar refractivity (Wildman–Crippen MR) is 89.9 cm³/mol. The van der Waals surface area contributed by atoms with Crippen molar-refractivity contribution >= 4 is 31.6 Å². The zero-order chi connectivity index (χ0) is 16.3. The molecule has 0 atom stereocenters. The summed E-state index contributed by atoms with van der Waals surface area (Å²) < 4.78 is 41.1. The molecular weight excluding hydrogens is 369 g/mol. The Morgan fingerprint density at radius 1 is 1.14 bits per heavy atom. The summed E-state index contributed by atoms with van der Waals surface area (Å²) in [7, 11) is -3.80. The van der Waals surface area contributed by atoms with Gasteiger partial charge < -0.3 is 0 Å². The Morgan fingerprint density at radius 3 is 2.32 bits per heavy atom. The Morgan fingerprint density at radius 2 is 1.77 bits per heavy atom. The van der Waals surface area contributed by atoms with Crippen LogP contribution in [0.2, 0.25) is 0 Å². The first kappa shape index (κ1) is 17.0. The van der Waals surface area contributed by atoms with Crippen LogP contribution in [0.25, 0.3) is 0 Å². The molecule has 22 heavy (non-hydrogen) atoms. The number of sulfonamides is 1. The van der Waals surface area contributed by atoms with E-state index in [1.807, 2.05) is 0 Å². The van der Waals surface area contributed by atoms with Gasteiger partial charge in [0.1, 0.15) is 5.82 Å². The highest BCUT2D eigenvalue weighted by Gasteiger charge is 2.16. The second-order valence-electron chi connectivity index (χ2n) is 5.47. The zero-order valence-electron chi connectivity index (χ0n) is 12.3. The lowest BCUT2D eigenvalue weighted by atomic mass is 10.0. The lowest BCUT2D eigenvalue weighted by Crippen LogP contribution is -2.14. The highest BCUT2D eigenvalue weighted by atomic mass is 79.9. The van der Waals surface area contributed by atoms with Gasteiger partial charge in [0.2, 0.25) is 0 Å². The van der Waals surface area contributed by atoms with Crippen molar-refractivity contribution in [2.45, 2.75) is 25.2 Å². The molecule has 0 unspecified atom stereocenters. The fourth-order valence-electron chi connectivity index (χ4n) is 2.05. The maximum atomic E-state index is 13.7. The average Bonchev–Trinajstić information content (AvgIpc) is 2.42. The van der Waals surface area contributed by atoms with E-state index >= 15 is 0 Å². The molecule has 2 aromatic rings. The summed E-state index contributed by atoms with van der Waals surface area (Å²) in [5.41, 5.74) is 0.998. The molecule has 0 amide bonds. The number of hydrogen-bond acceptors (Lipinski definition) is 2. The van der Waals surface area contributed by atoms with E-state index in [0.717, 1.165) is 12.0 Å². The summed E-state index contributed by atoms with van der Waals surface area (Å²) in [5.74, 6) is -0.133. The minimum absolute atomic E-state index is 0.0746. The van der Waals surface area contributed by atoms with E-state index in [-0.39, 0.29) is 10.6 Å². The van der Waals surface area contributed by atoms with Crippen molar-refractivity contribution in [2.75, 3.05) is 4.72 Å². The van der Waals surface area contributed by atoms with Crippen LogP contribution in [0.3, 0.4) is 0 Å². The van der Waals surface area contributed by atoms with E-state index < -0.39 is 15.8 Å². The van der Waals surface area contributed by atoms with Crippen molar-refractivity contribution < 1.29 is 12.8 Å². The van der Waals surface area contributed by atoms with Crippen LogP contribution >= 0.6 is 15.9 Å². The van der Waals surface area contributed by atoms with E-state index in [1.165, 1.54) is 24.3 Å². The standard InChI is InChI=1S/C16H17BrFNO2S/c1-11(2)9-12-3-6-14(7-4-12)22(20,21)19-16-8-5-13(17)10-15(16)18/h3-8,10-11,19H,9H2,1-2H3. The van der Waals surface area contributed by atoms with Crippen molar-refractivity contribution in [3.8, 4) is 0 Å². The molecule has 0 spiro atoms. The maximum Gasteiger partial charge on any atom is 0.261 e. The van der Waals surface area contributed by atoms with Gasteiger partial charge in [0.25, 0.3) is 10.0 Å². The smallest absolute Gasteiger partial charge is 0.261 e. The normalized spacial score (nSPS) is 11.7. The fraction of sp³-hybridized carbons (Fsp3) is 0.250. The summed E-state index contributed by atoms with van der Waals surface area (Å²) in [6.45, 7) is 4.20. The van der Waals surface area contributed by atoms with Crippen LogP contribution in [0.4, 0.5) is 10.1 Å². The van der Waals surface area contributed by atoms with Crippen LogP contribution < -0.4 is 4.72 Å². The Hall–Kier alpha value is -1.40. The van der Waals surface area contributed by atoms with Gasteiger partial charge in [-0.25, -0.2) is 12.8 Å². The van der Waals surface area contributed by atoms with Crippen molar-refractivity contribution in [3.05, 3.63) is 58.3 Å². The van der Waals surface area contributed by atoms with Gasteiger partial charge in [-0.1, -0.05) is 41.9 Å². The number of benzene rings is 2. The molecule has 2 aromatic carbocycles. The first-order valence-corrected chi connectivity index (χ1v) is 9.12. The molecule has 0 aromatic heterocycles. The Labute approximate surface area is 138 Å². The maximum absolute atomic E-state index is 13.7. The summed E-state index contributed by atoms with van der Waals surface area (Å²) in [4.78, 5) is 0.113. The topological polar surface area (TPSA) is 46.2 Å². The minimum Gasteiger partial charge on any atom is -0.277 e. The number of nitrogens with one attached hydrogen (secondary N) is 1. The molecule has 0 radical (unpaired) electrons. The minimum atomic E-state index is -3.80. The number of hydrogen-bond donors (Lipinski definition) is 1. The third-order valence-electron chi connectivity index (χ3n) is 3.05. The summed E-state index contributed by atoms with van der Waals surface area (Å²) >= 11 is 3.13. The molecule has 0 aliphatic heterocycles. The van der Waals surface area contributed by atoms with Gasteiger partial charge in [0.05, 0.1) is 10.6 Å². The molecule has 0 saturated heterocycles. The third kappa shape index (κ3) is 4.30. The summed E-state index contributed by atoms with van der Waals surface area (Å²) in [5, 5.41) is 0. The number of rotatable bonds is 5. The van der Waals surface area contributed by atoms with Crippen molar-refractivity contribution in [3.63, 3.8) is 0 Å². The van der Waals surface area contributed by atoms with Crippen molar-refractivity contribution in [2.24, 2.45) is 5.92 Å². The summed E-state index contributed by atoms with van der Waals surface area (Å²) in [6, 6.07) is 10.8. The highest BCUT2D eigenvalue weighted by Crippen LogP contribution is 2.23. The van der Waals surface area contributed by atoms with Crippen molar-refractivity contribution in [1.82, 2.24) is 0 Å². The third-order valence-corrected chi connectivity index (χ3v) is 4.93. The lowest BCUT2D eigenvalue weighted by molar-refractivity contribution is 0.598. The molecular formula is C16H17BrFNO2S. The van der Waals surface area contributed by atoms with Gasteiger partial charge >= 0.3 is 0 Å². The molecule has 3 nitrogen and oxygen atoms in total. The Bertz CT molecular complexity index is 758. The molecule has 2 rings (SSSR count). The quantitative estimate of drug-likeness (QED) is 0.817. The zero-order valence-corrected chi connectivity index (χ0v) is 14.7. The van der Waals surface area contributed by atoms with Gasteiger partial charge in [-0.15, -0.1) is 0 Å². The second kappa shape index (κ2) is 6.79. The van der Waals surface area contributed by atoms with E-state index in [4.69, 9.17) is 0 Å². The van der Waals surface area contributed by atoms with Gasteiger partial charge in [-0.3, -0.25) is 4.72 Å². The van der Waals surface area contributed by atoms with E-state index in [2.05, 4.69) is 34.5 Å². The van der Waals surface area contributed by atoms with Gasteiger partial charge in [0.15, 0.2) is 0 Å². The van der Waals surface area contributed by atoms with Gasteiger partial charge in [-0.2, -0.15) is 0 Å². The molecule has 0 heterocycles. The van der Waals surface area contributed by atoms with Crippen LogP contribution in [0.15, 0.2) is 51.8 Å². The number of halogens is 2. The molecule has 1 N–H and O–H groups in total. The van der Waals surface area contributed by atoms with E-state index in [0.29, 0.717) is 10.4 Å². The highest BCUT2D eigenvalue weighted by molar-refractivity contribution is 9.10. The Kier molecular flexibility index (Phi) is 5.24. The molecule has 0 aliphatic rings.